The van der Waals surface area contributed by atoms with Crippen LogP contribution in [0.25, 0.3) is 0 Å². The molecule has 0 heterocycles. The molecule has 0 aromatic rings. The molecule has 0 bridgehead atoms. The number of hydrogen-bond acceptors (Lipinski definition) is 4. The van der Waals surface area contributed by atoms with Crippen molar-refractivity contribution in [2.45, 2.75) is 6.92 Å². The maximum absolute atomic E-state index is 10.7. The van der Waals surface area contributed by atoms with E-state index in [1.54, 1.807) is 0 Å². The average molecular weight is 173 g/mol. The lowest BCUT2D eigenvalue weighted by Gasteiger charge is -1.98. The third-order valence-electron chi connectivity index (χ3n) is 0.827. The van der Waals surface area contributed by atoms with Crippen LogP contribution in [0.3, 0.4) is 0 Å². The number of esters is 1. The Kier molecular flexibility index (Phi) is 4.43. The highest BCUT2D eigenvalue weighted by Crippen LogP contribution is 1.80. The van der Waals surface area contributed by atoms with Gasteiger partial charge >= 0.3 is 5.97 Å². The van der Waals surface area contributed by atoms with Gasteiger partial charge in [-0.2, -0.15) is 0 Å². The van der Waals surface area contributed by atoms with Crippen LogP contribution in [0, 0.1) is 0 Å². The minimum Gasteiger partial charge on any atom is -0.456 e. The van der Waals surface area contributed by atoms with Crippen LogP contribution in [-0.2, 0) is 14.3 Å². The summed E-state index contributed by atoms with van der Waals surface area (Å²) in [7, 11) is 0. The Hall–Kier alpha value is -1.59. The van der Waals surface area contributed by atoms with E-state index < -0.39 is 5.97 Å². The quantitative estimate of drug-likeness (QED) is 0.302. The van der Waals surface area contributed by atoms with E-state index in [4.69, 9.17) is 11.5 Å². The zero-order valence-electron chi connectivity index (χ0n) is 6.74. The van der Waals surface area contributed by atoms with E-state index in [0.29, 0.717) is 0 Å². The van der Waals surface area contributed by atoms with E-state index in [-0.39, 0.29) is 24.9 Å². The number of carbonyl (C=O) groups excluding carboxylic acids is 2. The highest BCUT2D eigenvalue weighted by Gasteiger charge is 2.02. The van der Waals surface area contributed by atoms with Gasteiger partial charge in [-0.3, -0.25) is 9.59 Å². The lowest BCUT2D eigenvalue weighted by molar-refractivity contribution is -0.145. The summed E-state index contributed by atoms with van der Waals surface area (Å²) in [5, 5.41) is 0. The zero-order chi connectivity index (χ0) is 9.56. The Morgan fingerprint density at radius 2 is 2.00 bits per heavy atom. The fraction of sp³-hybridized carbons (Fsp3) is 0.500. The summed E-state index contributed by atoms with van der Waals surface area (Å²) >= 11 is 0. The summed E-state index contributed by atoms with van der Waals surface area (Å²) in [5.74, 6) is -1.04. The zero-order valence-corrected chi connectivity index (χ0v) is 6.74. The Balaban J connectivity index is 3.61. The first kappa shape index (κ1) is 10.4. The van der Waals surface area contributed by atoms with E-state index in [9.17, 15) is 9.59 Å². The molecular weight excluding hydrogens is 162 g/mol. The number of nitrogens with two attached hydrogens (primary N) is 2. The predicted molar refractivity (Wildman–Crippen MR) is 42.3 cm³/mol. The number of guanidine groups is 1. The molecule has 0 aliphatic carbocycles. The molecule has 0 spiro atoms. The molecule has 0 radical (unpaired) electrons. The third-order valence-corrected chi connectivity index (χ3v) is 0.827. The molecule has 4 N–H and O–H groups in total. The normalized spacial score (nSPS) is 8.75. The molecular formula is C6H11N3O3. The molecule has 6 heteroatoms. The summed E-state index contributed by atoms with van der Waals surface area (Å²) in [4.78, 5) is 24.4. The standard InChI is InChI=1S/C6H11N3O3/c1-4(10)3-12-5(11)2-9-6(7)8/h2-3H2,1H3,(H4,7,8,9). The monoisotopic (exact) mass is 173 g/mol. The summed E-state index contributed by atoms with van der Waals surface area (Å²) in [6, 6.07) is 0. The number of nitrogens with zero attached hydrogens (tertiary/aromatic N) is 1. The largest absolute Gasteiger partial charge is 0.456 e. The van der Waals surface area contributed by atoms with Gasteiger partial charge in [0.15, 0.2) is 11.7 Å². The number of rotatable bonds is 4. The van der Waals surface area contributed by atoms with Gasteiger partial charge in [0, 0.05) is 0 Å². The molecule has 0 saturated carbocycles. The van der Waals surface area contributed by atoms with Crippen LogP contribution in [-0.4, -0.2) is 30.9 Å². The van der Waals surface area contributed by atoms with Crippen molar-refractivity contribution in [2.75, 3.05) is 13.2 Å². The fourth-order valence-corrected chi connectivity index (χ4v) is 0.384. The van der Waals surface area contributed by atoms with Crippen molar-refractivity contribution in [2.24, 2.45) is 16.5 Å². The van der Waals surface area contributed by atoms with Crippen molar-refractivity contribution < 1.29 is 14.3 Å². The molecule has 0 rings (SSSR count). The summed E-state index contributed by atoms with van der Waals surface area (Å²) in [6.07, 6.45) is 0. The first-order chi connectivity index (χ1) is 5.52. The smallest absolute Gasteiger partial charge is 0.328 e. The maximum atomic E-state index is 10.7. The number of ether oxygens (including phenoxy) is 1. The van der Waals surface area contributed by atoms with Crippen LogP contribution in [0.1, 0.15) is 6.92 Å². The summed E-state index contributed by atoms with van der Waals surface area (Å²) in [6.45, 7) is 0.822. The molecule has 0 unspecified atom stereocenters. The van der Waals surface area contributed by atoms with Crippen molar-refractivity contribution in [1.29, 1.82) is 0 Å². The molecule has 0 fully saturated rings. The highest BCUT2D eigenvalue weighted by molar-refractivity contribution is 5.82. The lowest BCUT2D eigenvalue weighted by atomic mass is 10.5. The number of hydrogen-bond donors (Lipinski definition) is 2. The molecule has 0 aromatic carbocycles. The second-order valence-electron chi connectivity index (χ2n) is 2.10. The van der Waals surface area contributed by atoms with Gasteiger partial charge < -0.3 is 16.2 Å². The van der Waals surface area contributed by atoms with Crippen molar-refractivity contribution >= 4 is 17.7 Å². The molecule has 0 aliphatic rings. The molecule has 0 aromatic heterocycles. The second-order valence-corrected chi connectivity index (χ2v) is 2.10. The molecule has 12 heavy (non-hydrogen) atoms. The van der Waals surface area contributed by atoms with Crippen LogP contribution in [0.2, 0.25) is 0 Å². The van der Waals surface area contributed by atoms with Crippen LogP contribution in [0.15, 0.2) is 4.99 Å². The van der Waals surface area contributed by atoms with Crippen molar-refractivity contribution in [3.63, 3.8) is 0 Å². The number of carbonyl (C=O) groups is 2. The molecule has 0 aliphatic heterocycles. The Labute approximate surface area is 69.6 Å². The Bertz CT molecular complexity index is 208. The second kappa shape index (κ2) is 5.11. The van der Waals surface area contributed by atoms with Gasteiger partial charge in [0.1, 0.15) is 13.2 Å². The number of Topliss-reactive ketones (excluding diaryl/α,β-unsaturated/α-hetero) is 1. The minimum absolute atomic E-state index is 0.185. The average Bonchev–Trinajstić information content (AvgIpc) is 1.96. The van der Waals surface area contributed by atoms with E-state index in [1.165, 1.54) is 6.92 Å². The third kappa shape index (κ3) is 6.53. The van der Waals surface area contributed by atoms with Crippen molar-refractivity contribution in [3.05, 3.63) is 0 Å². The Morgan fingerprint density at radius 1 is 1.42 bits per heavy atom. The maximum Gasteiger partial charge on any atom is 0.328 e. The van der Waals surface area contributed by atoms with Crippen molar-refractivity contribution in [3.8, 4) is 0 Å². The summed E-state index contributed by atoms with van der Waals surface area (Å²) in [5.41, 5.74) is 9.90. The van der Waals surface area contributed by atoms with Crippen LogP contribution < -0.4 is 11.5 Å². The summed E-state index contributed by atoms with van der Waals surface area (Å²) < 4.78 is 4.45. The Morgan fingerprint density at radius 3 is 2.42 bits per heavy atom. The predicted octanol–water partition coefficient (Wildman–Crippen LogP) is -1.61. The van der Waals surface area contributed by atoms with Crippen LogP contribution in [0.4, 0.5) is 0 Å². The highest BCUT2D eigenvalue weighted by atomic mass is 16.5. The van der Waals surface area contributed by atoms with Crippen molar-refractivity contribution in [1.82, 2.24) is 0 Å². The van der Waals surface area contributed by atoms with E-state index in [0.717, 1.165) is 0 Å². The topological polar surface area (TPSA) is 108 Å². The van der Waals surface area contributed by atoms with Gasteiger partial charge in [0.05, 0.1) is 0 Å². The molecule has 68 valence electrons. The van der Waals surface area contributed by atoms with Gasteiger partial charge in [-0.25, -0.2) is 4.99 Å². The van der Waals surface area contributed by atoms with Gasteiger partial charge in [-0.15, -0.1) is 0 Å². The first-order valence-corrected chi connectivity index (χ1v) is 3.23. The van der Waals surface area contributed by atoms with Gasteiger partial charge in [-0.05, 0) is 6.92 Å². The van der Waals surface area contributed by atoms with Crippen LogP contribution in [0.5, 0.6) is 0 Å². The van der Waals surface area contributed by atoms with E-state index in [2.05, 4.69) is 9.73 Å². The molecule has 0 amide bonds. The molecule has 6 nitrogen and oxygen atoms in total. The minimum atomic E-state index is -0.626. The molecule has 0 saturated heterocycles. The molecule has 0 atom stereocenters. The van der Waals surface area contributed by atoms with Gasteiger partial charge in [-0.1, -0.05) is 0 Å². The SMILES string of the molecule is CC(=O)COC(=O)CN=C(N)N. The number of ketones is 1. The number of aliphatic imine (C=N–C) groups is 1. The lowest BCUT2D eigenvalue weighted by Crippen LogP contribution is -2.24. The first-order valence-electron chi connectivity index (χ1n) is 3.23. The van der Waals surface area contributed by atoms with Gasteiger partial charge in [0.2, 0.25) is 0 Å². The van der Waals surface area contributed by atoms with Crippen LogP contribution >= 0.6 is 0 Å². The van der Waals surface area contributed by atoms with Gasteiger partial charge in [0.25, 0.3) is 0 Å². The van der Waals surface area contributed by atoms with E-state index >= 15 is 0 Å². The fourth-order valence-electron chi connectivity index (χ4n) is 0.384. The van der Waals surface area contributed by atoms with E-state index in [1.807, 2.05) is 0 Å².